The fourth-order valence-corrected chi connectivity index (χ4v) is 4.97. The monoisotopic (exact) mass is 492 g/mol. The number of piperidine rings is 1. The van der Waals surface area contributed by atoms with Gasteiger partial charge in [-0.2, -0.15) is 0 Å². The Morgan fingerprint density at radius 3 is 2.56 bits per heavy atom. The molecule has 0 radical (unpaired) electrons. The molecule has 194 valence electrons. The number of ether oxygens (including phenoxy) is 1. The topological polar surface area (TPSA) is 116 Å². The second-order valence-electron chi connectivity index (χ2n) is 9.88. The maximum absolute atomic E-state index is 13.2. The summed E-state index contributed by atoms with van der Waals surface area (Å²) in [5.74, 6) is 1.38. The van der Waals surface area contributed by atoms with Gasteiger partial charge in [0, 0.05) is 70.2 Å². The number of nitrogens with zero attached hydrogens (tertiary/aromatic N) is 2. The SMILES string of the molecule is COCC1CCN(c2cc(C(=O)CCNCCN)nc(Nc3ccccc3)c2C(=N)C2CCC2)CC1. The third-order valence-corrected chi connectivity index (χ3v) is 7.31. The number of nitrogens with one attached hydrogen (secondary N) is 3. The molecule has 1 saturated carbocycles. The number of anilines is 3. The first-order chi connectivity index (χ1) is 17.6. The smallest absolute Gasteiger partial charge is 0.182 e. The van der Waals surface area contributed by atoms with Crippen molar-refractivity contribution in [1.82, 2.24) is 10.3 Å². The van der Waals surface area contributed by atoms with Crippen molar-refractivity contribution in [3.63, 3.8) is 0 Å². The third-order valence-electron chi connectivity index (χ3n) is 7.31. The molecule has 2 heterocycles. The summed E-state index contributed by atoms with van der Waals surface area (Å²) >= 11 is 0. The van der Waals surface area contributed by atoms with Crippen molar-refractivity contribution < 1.29 is 9.53 Å². The molecule has 1 aliphatic heterocycles. The number of methoxy groups -OCH3 is 1. The molecular weight excluding hydrogens is 452 g/mol. The van der Waals surface area contributed by atoms with Crippen LogP contribution in [-0.4, -0.2) is 62.9 Å². The number of Topliss-reactive ketones (excluding diaryl/α,β-unsaturated/α-hetero) is 1. The lowest BCUT2D eigenvalue weighted by molar-refractivity contribution is 0.0978. The van der Waals surface area contributed by atoms with Gasteiger partial charge in [-0.1, -0.05) is 24.6 Å². The van der Waals surface area contributed by atoms with Crippen molar-refractivity contribution in [2.24, 2.45) is 17.6 Å². The Morgan fingerprint density at radius 2 is 1.92 bits per heavy atom. The minimum atomic E-state index is -0.00660. The van der Waals surface area contributed by atoms with Gasteiger partial charge in [0.05, 0.1) is 11.3 Å². The van der Waals surface area contributed by atoms with Gasteiger partial charge in [-0.3, -0.25) is 4.79 Å². The van der Waals surface area contributed by atoms with Crippen LogP contribution in [0.5, 0.6) is 0 Å². The first kappa shape index (κ1) is 26.3. The predicted molar refractivity (Wildman–Crippen MR) is 146 cm³/mol. The van der Waals surface area contributed by atoms with Gasteiger partial charge in [0.25, 0.3) is 0 Å². The first-order valence-electron chi connectivity index (χ1n) is 13.2. The summed E-state index contributed by atoms with van der Waals surface area (Å²) in [6.45, 7) is 4.31. The van der Waals surface area contributed by atoms with Crippen LogP contribution in [0.4, 0.5) is 17.2 Å². The number of hydrogen-bond donors (Lipinski definition) is 4. The summed E-state index contributed by atoms with van der Waals surface area (Å²) in [6, 6.07) is 11.8. The minimum absolute atomic E-state index is 0.00660. The molecule has 1 saturated heterocycles. The molecule has 8 nitrogen and oxygen atoms in total. The van der Waals surface area contributed by atoms with Crippen molar-refractivity contribution in [2.75, 3.05) is 56.7 Å². The number of rotatable bonds is 13. The number of ketones is 1. The molecule has 4 rings (SSSR count). The Balaban J connectivity index is 1.71. The summed E-state index contributed by atoms with van der Waals surface area (Å²) in [7, 11) is 1.76. The van der Waals surface area contributed by atoms with Crippen LogP contribution < -0.4 is 21.3 Å². The molecule has 0 unspecified atom stereocenters. The van der Waals surface area contributed by atoms with Gasteiger partial charge in [0.15, 0.2) is 5.78 Å². The number of aromatic nitrogens is 1. The molecular formula is C28H40N6O2. The Bertz CT molecular complexity index is 1020. The lowest BCUT2D eigenvalue weighted by Crippen LogP contribution is -2.37. The predicted octanol–water partition coefficient (Wildman–Crippen LogP) is 3.98. The van der Waals surface area contributed by atoms with E-state index in [1.807, 2.05) is 36.4 Å². The van der Waals surface area contributed by atoms with Crippen LogP contribution in [-0.2, 0) is 4.74 Å². The Hall–Kier alpha value is -2.81. The molecule has 0 bridgehead atoms. The minimum Gasteiger partial charge on any atom is -0.384 e. The fraction of sp³-hybridized carbons (Fsp3) is 0.536. The van der Waals surface area contributed by atoms with Gasteiger partial charge < -0.3 is 31.4 Å². The van der Waals surface area contributed by atoms with Crippen molar-refractivity contribution in [3.8, 4) is 0 Å². The van der Waals surface area contributed by atoms with Gasteiger partial charge >= 0.3 is 0 Å². The van der Waals surface area contributed by atoms with E-state index in [1.54, 1.807) is 7.11 Å². The van der Waals surface area contributed by atoms with Crippen molar-refractivity contribution in [1.29, 1.82) is 5.41 Å². The van der Waals surface area contributed by atoms with Crippen LogP contribution >= 0.6 is 0 Å². The summed E-state index contributed by atoms with van der Waals surface area (Å²) in [5.41, 5.74) is 9.33. The number of carbonyl (C=O) groups excluding carboxylic acids is 1. The molecule has 0 atom stereocenters. The summed E-state index contributed by atoms with van der Waals surface area (Å²) in [4.78, 5) is 20.4. The number of pyridine rings is 1. The largest absolute Gasteiger partial charge is 0.384 e. The molecule has 0 amide bonds. The zero-order chi connectivity index (χ0) is 25.3. The highest BCUT2D eigenvalue weighted by Crippen LogP contribution is 2.38. The summed E-state index contributed by atoms with van der Waals surface area (Å²) in [5, 5.41) is 15.8. The van der Waals surface area contributed by atoms with Gasteiger partial charge in [-0.05, 0) is 49.8 Å². The zero-order valence-corrected chi connectivity index (χ0v) is 21.4. The molecule has 2 aromatic rings. The van der Waals surface area contributed by atoms with Gasteiger partial charge in [-0.25, -0.2) is 4.98 Å². The van der Waals surface area contributed by atoms with E-state index >= 15 is 0 Å². The molecule has 0 spiro atoms. The normalized spacial score (nSPS) is 16.6. The average Bonchev–Trinajstić information content (AvgIpc) is 2.86. The fourth-order valence-electron chi connectivity index (χ4n) is 4.97. The van der Waals surface area contributed by atoms with E-state index in [1.165, 1.54) is 0 Å². The molecule has 1 aromatic heterocycles. The maximum Gasteiger partial charge on any atom is 0.182 e. The number of carbonyl (C=O) groups is 1. The molecule has 36 heavy (non-hydrogen) atoms. The van der Waals surface area contributed by atoms with E-state index in [4.69, 9.17) is 20.9 Å². The quantitative estimate of drug-likeness (QED) is 0.190. The second kappa shape index (κ2) is 12.9. The van der Waals surface area contributed by atoms with E-state index < -0.39 is 0 Å². The highest BCUT2D eigenvalue weighted by molar-refractivity contribution is 6.10. The highest BCUT2D eigenvalue weighted by Gasteiger charge is 2.31. The van der Waals surface area contributed by atoms with Crippen molar-refractivity contribution >= 4 is 28.7 Å². The third kappa shape index (κ3) is 6.49. The van der Waals surface area contributed by atoms with E-state index in [0.717, 1.165) is 68.7 Å². The Kier molecular flexibility index (Phi) is 9.44. The zero-order valence-electron chi connectivity index (χ0n) is 21.4. The first-order valence-corrected chi connectivity index (χ1v) is 13.2. The molecule has 2 fully saturated rings. The number of benzene rings is 1. The van der Waals surface area contributed by atoms with Gasteiger partial charge in [0.2, 0.25) is 0 Å². The van der Waals surface area contributed by atoms with Crippen LogP contribution in [0.25, 0.3) is 0 Å². The lowest BCUT2D eigenvalue weighted by atomic mass is 9.78. The van der Waals surface area contributed by atoms with Gasteiger partial charge in [0.1, 0.15) is 11.5 Å². The van der Waals surface area contributed by atoms with Crippen LogP contribution in [0, 0.1) is 17.2 Å². The molecule has 1 aromatic carbocycles. The van der Waals surface area contributed by atoms with Crippen LogP contribution in [0.3, 0.4) is 0 Å². The molecule has 2 aliphatic rings. The average molecular weight is 493 g/mol. The molecule has 8 heteroatoms. The summed E-state index contributed by atoms with van der Waals surface area (Å²) in [6.07, 6.45) is 5.64. The van der Waals surface area contributed by atoms with Crippen LogP contribution in [0.2, 0.25) is 0 Å². The number of para-hydroxylation sites is 1. The van der Waals surface area contributed by atoms with Crippen LogP contribution in [0.15, 0.2) is 36.4 Å². The lowest BCUT2D eigenvalue weighted by Gasteiger charge is -2.36. The van der Waals surface area contributed by atoms with E-state index in [9.17, 15) is 4.79 Å². The number of hydrogen-bond acceptors (Lipinski definition) is 8. The van der Waals surface area contributed by atoms with E-state index in [0.29, 0.717) is 49.2 Å². The van der Waals surface area contributed by atoms with Gasteiger partial charge in [-0.15, -0.1) is 0 Å². The maximum atomic E-state index is 13.2. The second-order valence-corrected chi connectivity index (χ2v) is 9.88. The number of nitrogens with two attached hydrogens (primary N) is 1. The van der Waals surface area contributed by atoms with Crippen molar-refractivity contribution in [3.05, 3.63) is 47.7 Å². The summed E-state index contributed by atoms with van der Waals surface area (Å²) < 4.78 is 5.40. The molecule has 5 N–H and O–H groups in total. The highest BCUT2D eigenvalue weighted by atomic mass is 16.5. The Labute approximate surface area is 214 Å². The van der Waals surface area contributed by atoms with Crippen LogP contribution in [0.1, 0.15) is 54.6 Å². The van der Waals surface area contributed by atoms with E-state index in [-0.39, 0.29) is 11.7 Å². The Morgan fingerprint density at radius 1 is 1.17 bits per heavy atom. The van der Waals surface area contributed by atoms with E-state index in [2.05, 4.69) is 15.5 Å². The van der Waals surface area contributed by atoms with Crippen molar-refractivity contribution in [2.45, 2.75) is 38.5 Å². The molecule has 1 aliphatic carbocycles. The standard InChI is InChI=1S/C28H40N6O2/c1-36-19-20-11-16-34(17-12-20)24-18-23(25(35)10-14-31-15-13-29)33-28(32-22-8-3-2-4-9-22)26(24)27(30)21-6-5-7-21/h2-4,8-9,18,20-21,30-31H,5-7,10-17,19,29H2,1H3,(H,32,33).